The zero-order valence-electron chi connectivity index (χ0n) is 10.3. The number of hydrogen-bond acceptors (Lipinski definition) is 3. The molecule has 2 N–H and O–H groups in total. The van der Waals surface area contributed by atoms with Crippen molar-refractivity contribution in [3.8, 4) is 5.75 Å². The summed E-state index contributed by atoms with van der Waals surface area (Å²) in [4.78, 5) is 0. The first-order valence-electron chi connectivity index (χ1n) is 6.19. The molecule has 6 heteroatoms. The van der Waals surface area contributed by atoms with Crippen molar-refractivity contribution in [2.75, 3.05) is 13.2 Å². The number of nitrogens with one attached hydrogen (secondary N) is 1. The molecule has 2 rings (SSSR count). The van der Waals surface area contributed by atoms with E-state index in [9.17, 15) is 13.2 Å². The van der Waals surface area contributed by atoms with Crippen molar-refractivity contribution >= 4 is 0 Å². The van der Waals surface area contributed by atoms with Crippen LogP contribution < -0.4 is 10.1 Å². The highest BCUT2D eigenvalue weighted by molar-refractivity contribution is 5.36. The third-order valence-corrected chi connectivity index (χ3v) is 3.20. The van der Waals surface area contributed by atoms with E-state index in [4.69, 9.17) is 9.84 Å². The van der Waals surface area contributed by atoms with Gasteiger partial charge in [0.1, 0.15) is 11.9 Å². The fraction of sp³-hybridized carbons (Fsp3) is 0.538. The van der Waals surface area contributed by atoms with Gasteiger partial charge in [0.05, 0.1) is 12.2 Å². The Hall–Kier alpha value is -1.27. The largest absolute Gasteiger partial charge is 0.488 e. The fourth-order valence-electron chi connectivity index (χ4n) is 2.06. The molecular weight excluding hydrogens is 259 g/mol. The molecule has 1 aromatic rings. The average Bonchev–Trinajstić information content (AvgIpc) is 2.34. The van der Waals surface area contributed by atoms with Gasteiger partial charge in [-0.1, -0.05) is 12.1 Å². The Balaban J connectivity index is 2.03. The monoisotopic (exact) mass is 275 g/mol. The van der Waals surface area contributed by atoms with E-state index in [0.29, 0.717) is 6.54 Å². The Bertz CT molecular complexity index is 423. The number of aliphatic hydroxyl groups is 1. The molecular formula is C13H16F3NO2. The van der Waals surface area contributed by atoms with Crippen LogP contribution in [-0.4, -0.2) is 30.4 Å². The van der Waals surface area contributed by atoms with Gasteiger partial charge in [0.15, 0.2) is 0 Å². The summed E-state index contributed by atoms with van der Waals surface area (Å²) in [5.74, 6) is -0.129. The lowest BCUT2D eigenvalue weighted by molar-refractivity contribution is -0.139. The van der Waals surface area contributed by atoms with Gasteiger partial charge >= 0.3 is 6.18 Å². The molecule has 1 fully saturated rings. The number of ether oxygens (including phenoxy) is 1. The van der Waals surface area contributed by atoms with Crippen molar-refractivity contribution in [2.45, 2.75) is 31.2 Å². The quantitative estimate of drug-likeness (QED) is 0.865. The molecule has 106 valence electrons. The first-order valence-corrected chi connectivity index (χ1v) is 6.19. The van der Waals surface area contributed by atoms with Crippen LogP contribution in [0.25, 0.3) is 0 Å². The van der Waals surface area contributed by atoms with Gasteiger partial charge in [0.2, 0.25) is 0 Å². The molecule has 3 nitrogen and oxygen atoms in total. The van der Waals surface area contributed by atoms with Crippen LogP contribution in [0.1, 0.15) is 18.4 Å². The van der Waals surface area contributed by atoms with Crippen LogP contribution in [0.4, 0.5) is 13.2 Å². The Morgan fingerprint density at radius 3 is 2.58 bits per heavy atom. The molecule has 0 saturated heterocycles. The maximum Gasteiger partial charge on any atom is 0.419 e. The number of halogens is 3. The highest BCUT2D eigenvalue weighted by Crippen LogP contribution is 2.37. The maximum absolute atomic E-state index is 12.8. The minimum Gasteiger partial charge on any atom is -0.488 e. The minimum atomic E-state index is -4.41. The number of benzene rings is 1. The molecule has 1 aliphatic carbocycles. The summed E-state index contributed by atoms with van der Waals surface area (Å²) in [5.41, 5.74) is -0.747. The van der Waals surface area contributed by atoms with Crippen molar-refractivity contribution in [3.63, 3.8) is 0 Å². The first-order chi connectivity index (χ1) is 9.02. The molecule has 1 aromatic carbocycles. The number of aliphatic hydroxyl groups excluding tert-OH is 1. The van der Waals surface area contributed by atoms with Gasteiger partial charge in [-0.3, -0.25) is 0 Å². The van der Waals surface area contributed by atoms with E-state index in [-0.39, 0.29) is 24.5 Å². The van der Waals surface area contributed by atoms with E-state index in [2.05, 4.69) is 5.32 Å². The molecule has 19 heavy (non-hydrogen) atoms. The van der Waals surface area contributed by atoms with E-state index in [1.165, 1.54) is 18.2 Å². The zero-order chi connectivity index (χ0) is 13.9. The first kappa shape index (κ1) is 14.1. The average molecular weight is 275 g/mol. The fourth-order valence-corrected chi connectivity index (χ4v) is 2.06. The molecule has 0 amide bonds. The number of para-hydroxylation sites is 1. The molecule has 2 unspecified atom stereocenters. The third kappa shape index (κ3) is 3.39. The van der Waals surface area contributed by atoms with E-state index in [1.54, 1.807) is 0 Å². The molecule has 0 aliphatic heterocycles. The van der Waals surface area contributed by atoms with Gasteiger partial charge in [-0.15, -0.1) is 0 Å². The summed E-state index contributed by atoms with van der Waals surface area (Å²) < 4.78 is 43.8. The normalized spacial score (nSPS) is 22.9. The SMILES string of the molecule is OCCNC1CCC1Oc1ccccc1C(F)(F)F. The molecule has 0 spiro atoms. The van der Waals surface area contributed by atoms with Crippen LogP contribution in [-0.2, 0) is 6.18 Å². The van der Waals surface area contributed by atoms with Crippen LogP contribution in [0.5, 0.6) is 5.75 Å². The second-order valence-corrected chi connectivity index (χ2v) is 4.51. The molecule has 0 aromatic heterocycles. The second-order valence-electron chi connectivity index (χ2n) is 4.51. The number of rotatable bonds is 5. The molecule has 1 aliphatic rings. The highest BCUT2D eigenvalue weighted by atomic mass is 19.4. The summed E-state index contributed by atoms with van der Waals surface area (Å²) in [7, 11) is 0. The smallest absolute Gasteiger partial charge is 0.419 e. The van der Waals surface area contributed by atoms with E-state index < -0.39 is 11.7 Å². The minimum absolute atomic E-state index is 0.00234. The topological polar surface area (TPSA) is 41.5 Å². The van der Waals surface area contributed by atoms with Crippen molar-refractivity contribution in [2.24, 2.45) is 0 Å². The number of alkyl halides is 3. The number of hydrogen-bond donors (Lipinski definition) is 2. The Kier molecular flexibility index (Phi) is 4.31. The summed E-state index contributed by atoms with van der Waals surface area (Å²) in [6, 6.07) is 5.24. The van der Waals surface area contributed by atoms with Gasteiger partial charge in [-0.2, -0.15) is 13.2 Å². The molecule has 2 atom stereocenters. The predicted molar refractivity (Wildman–Crippen MR) is 64.0 cm³/mol. The van der Waals surface area contributed by atoms with Crippen LogP contribution in [0.15, 0.2) is 24.3 Å². The van der Waals surface area contributed by atoms with Gasteiger partial charge in [0, 0.05) is 12.6 Å². The molecule has 0 radical (unpaired) electrons. The standard InChI is InChI=1S/C13H16F3NO2/c14-13(15,16)9-3-1-2-4-11(9)19-12-6-5-10(12)17-7-8-18/h1-4,10,12,17-18H,5-8H2. The Labute approximate surface area is 109 Å². The summed E-state index contributed by atoms with van der Waals surface area (Å²) in [6.45, 7) is 0.424. The van der Waals surface area contributed by atoms with Crippen LogP contribution in [0.3, 0.4) is 0 Å². The van der Waals surface area contributed by atoms with Crippen molar-refractivity contribution in [1.29, 1.82) is 0 Å². The van der Waals surface area contributed by atoms with Gasteiger partial charge in [-0.25, -0.2) is 0 Å². The molecule has 0 heterocycles. The third-order valence-electron chi connectivity index (χ3n) is 3.20. The summed E-state index contributed by atoms with van der Waals surface area (Å²) in [5, 5.41) is 11.8. The zero-order valence-corrected chi connectivity index (χ0v) is 10.3. The lowest BCUT2D eigenvalue weighted by atomic mass is 9.89. The Morgan fingerprint density at radius 1 is 1.26 bits per heavy atom. The van der Waals surface area contributed by atoms with Crippen LogP contribution in [0, 0.1) is 0 Å². The van der Waals surface area contributed by atoms with E-state index in [1.807, 2.05) is 0 Å². The van der Waals surface area contributed by atoms with E-state index in [0.717, 1.165) is 18.9 Å². The lowest BCUT2D eigenvalue weighted by Crippen LogP contribution is -2.51. The van der Waals surface area contributed by atoms with Crippen LogP contribution in [0.2, 0.25) is 0 Å². The Morgan fingerprint density at radius 2 is 2.00 bits per heavy atom. The van der Waals surface area contributed by atoms with E-state index >= 15 is 0 Å². The van der Waals surface area contributed by atoms with Crippen molar-refractivity contribution < 1.29 is 23.0 Å². The molecule has 1 saturated carbocycles. The second kappa shape index (κ2) is 5.79. The van der Waals surface area contributed by atoms with Gasteiger partial charge < -0.3 is 15.2 Å². The predicted octanol–water partition coefficient (Wildman–Crippen LogP) is 2.20. The lowest BCUT2D eigenvalue weighted by Gasteiger charge is -2.37. The summed E-state index contributed by atoms with van der Waals surface area (Å²) in [6.07, 6.45) is -3.11. The summed E-state index contributed by atoms with van der Waals surface area (Å²) >= 11 is 0. The highest BCUT2D eigenvalue weighted by Gasteiger charge is 2.37. The van der Waals surface area contributed by atoms with Gasteiger partial charge in [0.25, 0.3) is 0 Å². The van der Waals surface area contributed by atoms with Crippen molar-refractivity contribution in [1.82, 2.24) is 5.32 Å². The van der Waals surface area contributed by atoms with Crippen molar-refractivity contribution in [3.05, 3.63) is 29.8 Å². The van der Waals surface area contributed by atoms with Crippen LogP contribution >= 0.6 is 0 Å². The maximum atomic E-state index is 12.8. The van der Waals surface area contributed by atoms with Gasteiger partial charge in [-0.05, 0) is 25.0 Å². The molecule has 0 bridgehead atoms.